The van der Waals surface area contributed by atoms with E-state index in [1.807, 2.05) is 0 Å². The smallest absolute Gasteiger partial charge is 0.338 e. The van der Waals surface area contributed by atoms with Crippen LogP contribution in [-0.2, 0) is 24.3 Å². The number of ether oxygens (including phenoxy) is 1. The number of aliphatic carboxylic acids is 1. The fourth-order valence-electron chi connectivity index (χ4n) is 6.11. The minimum absolute atomic E-state index is 0.0111. The van der Waals surface area contributed by atoms with Crippen LogP contribution < -0.4 is 5.32 Å². The fourth-order valence-corrected chi connectivity index (χ4v) is 8.98. The number of allylic oxidation sites excluding steroid dienone is 1. The molecule has 3 aliphatic rings. The molecule has 1 aromatic carbocycles. The zero-order valence-electron chi connectivity index (χ0n) is 23.0. The molecule has 0 amide bonds. The number of nitrogens with zero attached hydrogens (tertiary/aromatic N) is 3. The number of aromatic nitrogens is 1. The summed E-state index contributed by atoms with van der Waals surface area (Å²) in [5.41, 5.74) is 1.24. The summed E-state index contributed by atoms with van der Waals surface area (Å²) in [7, 11) is -2.29. The number of carboxylic acid groups (broad SMARTS) is 1. The van der Waals surface area contributed by atoms with E-state index >= 15 is 0 Å². The first-order chi connectivity index (χ1) is 20.1. The third kappa shape index (κ3) is 6.38. The van der Waals surface area contributed by atoms with Gasteiger partial charge in [-0.15, -0.1) is 11.3 Å². The number of hydrogen-bond donors (Lipinski definition) is 2. The number of halogens is 2. The number of carbonyl (C=O) groups is 2. The Kier molecular flexibility index (Phi) is 9.31. The highest BCUT2D eigenvalue weighted by Gasteiger charge is 2.41. The second-order valence-electron chi connectivity index (χ2n) is 10.8. The average molecular weight is 639 g/mol. The molecule has 0 radical (unpaired) electrons. The summed E-state index contributed by atoms with van der Waals surface area (Å²) in [4.78, 5) is 33.4. The number of carbonyl (C=O) groups excluding carboxylic acids is 1. The molecule has 1 aliphatic carbocycles. The third-order valence-corrected chi connectivity index (χ3v) is 11.8. The van der Waals surface area contributed by atoms with Crippen LogP contribution >= 0.6 is 22.9 Å². The number of nitrogens with one attached hydrogen (secondary N) is 1. The van der Waals surface area contributed by atoms with Gasteiger partial charge in [-0.1, -0.05) is 17.7 Å². The lowest BCUT2D eigenvalue weighted by atomic mass is 9.86. The predicted octanol–water partition coefficient (Wildman–Crippen LogP) is 4.53. The van der Waals surface area contributed by atoms with Crippen LogP contribution in [0.2, 0.25) is 5.02 Å². The van der Waals surface area contributed by atoms with E-state index in [9.17, 15) is 22.4 Å². The molecule has 2 fully saturated rings. The molecule has 1 saturated carbocycles. The fraction of sp³-hybridized carbons (Fsp3) is 0.500. The van der Waals surface area contributed by atoms with Gasteiger partial charge in [0.2, 0.25) is 10.0 Å². The lowest BCUT2D eigenvalue weighted by Gasteiger charge is -2.38. The van der Waals surface area contributed by atoms with Gasteiger partial charge in [0.15, 0.2) is 10.8 Å². The Labute approximate surface area is 252 Å². The number of amidine groups is 1. The third-order valence-electron chi connectivity index (χ3n) is 8.27. The van der Waals surface area contributed by atoms with Gasteiger partial charge in [0.05, 0.1) is 17.9 Å². The van der Waals surface area contributed by atoms with Crippen LogP contribution in [0.15, 0.2) is 46.0 Å². The Bertz CT molecular complexity index is 1500. The van der Waals surface area contributed by atoms with Crippen molar-refractivity contribution in [2.24, 2.45) is 16.8 Å². The molecule has 1 saturated heterocycles. The van der Waals surface area contributed by atoms with E-state index in [2.05, 4.69) is 10.3 Å². The number of sulfonamides is 1. The standard InChI is InChI=1S/C28H32ClFN4O6S2/c1-40-28(37)23-24(32-26(27-31-10-13-41-27)33-25(23)20-7-4-18(30)15-21(20)29)17-8-11-34(12-9-17)42(38,39)19-5-2-16(3-6-19)14-22(35)36/h4,7,10,13,15-17,19,25H,2-3,5-6,8-9,11-12,14H2,1H3,(H,32,33)(H,35,36)/t16?,19?,25-/m1/s1. The number of thiazole rings is 1. The first kappa shape index (κ1) is 30.6. The van der Waals surface area contributed by atoms with Gasteiger partial charge in [-0.25, -0.2) is 26.9 Å². The van der Waals surface area contributed by atoms with Gasteiger partial charge in [-0.2, -0.15) is 0 Å². The quantitative estimate of drug-likeness (QED) is 0.402. The average Bonchev–Trinajstić information content (AvgIpc) is 3.52. The van der Waals surface area contributed by atoms with Crippen LogP contribution in [0, 0.1) is 17.7 Å². The van der Waals surface area contributed by atoms with Crippen molar-refractivity contribution in [1.82, 2.24) is 14.6 Å². The number of piperidine rings is 1. The minimum atomic E-state index is -3.56. The molecular formula is C28H32ClFN4O6S2. The predicted molar refractivity (Wildman–Crippen MR) is 156 cm³/mol. The summed E-state index contributed by atoms with van der Waals surface area (Å²) in [6.45, 7) is 0.542. The van der Waals surface area contributed by atoms with Crippen LogP contribution in [0.4, 0.5) is 4.39 Å². The largest absolute Gasteiger partial charge is 0.481 e. The first-order valence-corrected chi connectivity index (χ1v) is 16.6. The van der Waals surface area contributed by atoms with Crippen LogP contribution in [0.1, 0.15) is 61.6 Å². The van der Waals surface area contributed by atoms with Crippen LogP contribution in [0.5, 0.6) is 0 Å². The normalized spacial score (nSPS) is 24.2. The number of esters is 1. The maximum absolute atomic E-state index is 13.9. The molecule has 10 nitrogen and oxygen atoms in total. The molecule has 2 aromatic rings. The van der Waals surface area contributed by atoms with Crippen LogP contribution in [0.3, 0.4) is 0 Å². The summed E-state index contributed by atoms with van der Waals surface area (Å²) in [5, 5.41) is 14.4. The van der Waals surface area contributed by atoms with Crippen molar-refractivity contribution < 1.29 is 32.2 Å². The molecular weight excluding hydrogens is 607 g/mol. The topological polar surface area (TPSA) is 138 Å². The molecule has 2 aliphatic heterocycles. The highest BCUT2D eigenvalue weighted by atomic mass is 35.5. The first-order valence-electron chi connectivity index (χ1n) is 13.8. The van der Waals surface area contributed by atoms with E-state index in [0.29, 0.717) is 60.6 Å². The maximum atomic E-state index is 13.9. The van der Waals surface area contributed by atoms with Gasteiger partial charge in [-0.05, 0) is 56.6 Å². The van der Waals surface area contributed by atoms with Crippen molar-refractivity contribution in [3.8, 4) is 0 Å². The molecule has 226 valence electrons. The van der Waals surface area contributed by atoms with Crippen molar-refractivity contribution in [1.29, 1.82) is 0 Å². The molecule has 5 rings (SSSR count). The van der Waals surface area contributed by atoms with Gasteiger partial charge in [-0.3, -0.25) is 9.79 Å². The summed E-state index contributed by atoms with van der Waals surface area (Å²) >= 11 is 7.80. The molecule has 14 heteroatoms. The number of methoxy groups -OCH3 is 1. The Morgan fingerprint density at radius 1 is 1.19 bits per heavy atom. The van der Waals surface area contributed by atoms with Gasteiger partial charge >= 0.3 is 11.9 Å². The number of rotatable bonds is 8. The van der Waals surface area contributed by atoms with Gasteiger partial charge in [0.25, 0.3) is 0 Å². The molecule has 0 unspecified atom stereocenters. The molecule has 1 aromatic heterocycles. The molecule has 42 heavy (non-hydrogen) atoms. The lowest BCUT2D eigenvalue weighted by molar-refractivity contribution is -0.138. The number of carboxylic acids is 1. The highest BCUT2D eigenvalue weighted by molar-refractivity contribution is 7.89. The monoisotopic (exact) mass is 638 g/mol. The maximum Gasteiger partial charge on any atom is 0.338 e. The van der Waals surface area contributed by atoms with Crippen LogP contribution in [0.25, 0.3) is 0 Å². The molecule has 1 atom stereocenters. The van der Waals surface area contributed by atoms with Crippen molar-refractivity contribution in [3.63, 3.8) is 0 Å². The van der Waals surface area contributed by atoms with E-state index < -0.39 is 39.1 Å². The number of hydrogen-bond acceptors (Lipinski definition) is 9. The Morgan fingerprint density at radius 3 is 2.50 bits per heavy atom. The van der Waals surface area contributed by atoms with E-state index in [4.69, 9.17) is 26.4 Å². The summed E-state index contributed by atoms with van der Waals surface area (Å²) in [5.74, 6) is -1.76. The Hall–Kier alpha value is -2.87. The number of aliphatic imine (C=N–C) groups is 1. The second kappa shape index (κ2) is 12.8. The molecule has 3 heterocycles. The van der Waals surface area contributed by atoms with E-state index in [1.54, 1.807) is 11.6 Å². The molecule has 2 N–H and O–H groups in total. The molecule has 0 bridgehead atoms. The second-order valence-corrected chi connectivity index (χ2v) is 14.3. The minimum Gasteiger partial charge on any atom is -0.481 e. The number of benzene rings is 1. The Balaban J connectivity index is 1.40. The molecule has 0 spiro atoms. The van der Waals surface area contributed by atoms with Crippen molar-refractivity contribution in [2.75, 3.05) is 20.2 Å². The summed E-state index contributed by atoms with van der Waals surface area (Å²) in [6.07, 6.45) is 4.68. The SMILES string of the molecule is COC(=O)C1=C(C2CCN(S(=O)(=O)C3CCC(CC(=O)O)CC3)CC2)NC(c2nccs2)=N[C@@H]1c1ccc(F)cc1Cl. The van der Waals surface area contributed by atoms with Crippen molar-refractivity contribution >= 4 is 50.7 Å². The van der Waals surface area contributed by atoms with Crippen LogP contribution in [-0.4, -0.2) is 66.0 Å². The lowest BCUT2D eigenvalue weighted by Crippen LogP contribution is -2.46. The van der Waals surface area contributed by atoms with E-state index in [0.717, 1.165) is 0 Å². The van der Waals surface area contributed by atoms with Gasteiger partial charge in [0.1, 0.15) is 11.9 Å². The van der Waals surface area contributed by atoms with E-state index in [-0.39, 0.29) is 41.9 Å². The van der Waals surface area contributed by atoms with Gasteiger partial charge in [0, 0.05) is 53.3 Å². The van der Waals surface area contributed by atoms with Gasteiger partial charge < -0.3 is 15.2 Å². The zero-order chi connectivity index (χ0) is 30.0. The summed E-state index contributed by atoms with van der Waals surface area (Å²) < 4.78 is 47.6. The van der Waals surface area contributed by atoms with Crippen molar-refractivity contribution in [3.05, 3.63) is 62.5 Å². The van der Waals surface area contributed by atoms with Crippen molar-refractivity contribution in [2.45, 2.75) is 56.2 Å². The highest BCUT2D eigenvalue weighted by Crippen LogP contribution is 2.41. The summed E-state index contributed by atoms with van der Waals surface area (Å²) in [6, 6.07) is 3.04. The Morgan fingerprint density at radius 2 is 1.90 bits per heavy atom. The zero-order valence-corrected chi connectivity index (χ0v) is 25.4. The van der Waals surface area contributed by atoms with E-state index in [1.165, 1.54) is 41.0 Å².